The van der Waals surface area contributed by atoms with E-state index in [4.69, 9.17) is 5.73 Å². The molecule has 0 aliphatic rings. The molecule has 0 unspecified atom stereocenters. The van der Waals surface area contributed by atoms with Crippen LogP contribution in [0.2, 0.25) is 0 Å². The Bertz CT molecular complexity index is 398. The standard InChI is InChI=1S/C9H9F2N3S/c1-5(13-14-9(12)15)6-2-7(10)4-8(11)3-6/h2-4H,1H3,(H3,12,14,15). The van der Waals surface area contributed by atoms with Gasteiger partial charge in [-0.25, -0.2) is 8.78 Å². The minimum atomic E-state index is -0.658. The second-order valence-electron chi connectivity index (χ2n) is 2.83. The Kier molecular flexibility index (Phi) is 3.68. The minimum absolute atomic E-state index is 0.00812. The van der Waals surface area contributed by atoms with Crippen molar-refractivity contribution in [1.29, 1.82) is 0 Å². The van der Waals surface area contributed by atoms with Crippen molar-refractivity contribution in [2.24, 2.45) is 10.8 Å². The zero-order valence-electron chi connectivity index (χ0n) is 7.92. The van der Waals surface area contributed by atoms with Crippen molar-refractivity contribution >= 4 is 23.0 Å². The van der Waals surface area contributed by atoms with E-state index in [0.717, 1.165) is 6.07 Å². The number of nitrogens with two attached hydrogens (primary N) is 1. The highest BCUT2D eigenvalue weighted by Gasteiger charge is 2.03. The number of benzene rings is 1. The third kappa shape index (κ3) is 3.59. The first-order valence-electron chi connectivity index (χ1n) is 4.05. The van der Waals surface area contributed by atoms with Crippen molar-refractivity contribution in [3.05, 3.63) is 35.4 Å². The van der Waals surface area contributed by atoms with Crippen LogP contribution in [0, 0.1) is 11.6 Å². The van der Waals surface area contributed by atoms with Gasteiger partial charge in [0.1, 0.15) is 11.6 Å². The number of nitrogens with one attached hydrogen (secondary N) is 1. The Morgan fingerprint density at radius 2 is 1.87 bits per heavy atom. The average molecular weight is 229 g/mol. The minimum Gasteiger partial charge on any atom is -0.375 e. The van der Waals surface area contributed by atoms with Crippen LogP contribution in [0.1, 0.15) is 12.5 Å². The molecule has 6 heteroatoms. The van der Waals surface area contributed by atoms with E-state index in [9.17, 15) is 8.78 Å². The van der Waals surface area contributed by atoms with Crippen molar-refractivity contribution in [3.63, 3.8) is 0 Å². The van der Waals surface area contributed by atoms with Gasteiger partial charge in [-0.3, -0.25) is 5.43 Å². The lowest BCUT2D eigenvalue weighted by molar-refractivity contribution is 0.583. The van der Waals surface area contributed by atoms with Crippen LogP contribution in [-0.2, 0) is 0 Å². The molecule has 15 heavy (non-hydrogen) atoms. The molecule has 0 fully saturated rings. The van der Waals surface area contributed by atoms with E-state index < -0.39 is 11.6 Å². The van der Waals surface area contributed by atoms with Crippen LogP contribution in [0.3, 0.4) is 0 Å². The number of halogens is 2. The fraction of sp³-hybridized carbons (Fsp3) is 0.111. The molecule has 0 heterocycles. The largest absolute Gasteiger partial charge is 0.375 e. The number of hydrogen-bond donors (Lipinski definition) is 2. The van der Waals surface area contributed by atoms with Gasteiger partial charge in [-0.1, -0.05) is 0 Å². The van der Waals surface area contributed by atoms with Gasteiger partial charge in [0.25, 0.3) is 0 Å². The molecule has 0 bridgehead atoms. The third-order valence-electron chi connectivity index (χ3n) is 1.61. The molecule has 80 valence electrons. The summed E-state index contributed by atoms with van der Waals surface area (Å²) in [4.78, 5) is 0. The van der Waals surface area contributed by atoms with Gasteiger partial charge in [-0.2, -0.15) is 5.10 Å². The Morgan fingerprint density at radius 1 is 1.33 bits per heavy atom. The van der Waals surface area contributed by atoms with E-state index in [1.54, 1.807) is 6.92 Å². The van der Waals surface area contributed by atoms with Crippen LogP contribution in [0.4, 0.5) is 8.78 Å². The molecule has 0 aliphatic carbocycles. The fourth-order valence-electron chi connectivity index (χ4n) is 0.966. The maximum absolute atomic E-state index is 12.8. The van der Waals surface area contributed by atoms with Gasteiger partial charge >= 0.3 is 0 Å². The molecule has 0 amide bonds. The van der Waals surface area contributed by atoms with Crippen molar-refractivity contribution in [1.82, 2.24) is 5.43 Å². The Hall–Kier alpha value is -1.56. The number of hydrazone groups is 1. The lowest BCUT2D eigenvalue weighted by atomic mass is 10.1. The Labute approximate surface area is 91.0 Å². The average Bonchev–Trinajstić information content (AvgIpc) is 2.12. The highest BCUT2D eigenvalue weighted by Crippen LogP contribution is 2.08. The summed E-state index contributed by atoms with van der Waals surface area (Å²) in [6.45, 7) is 1.58. The van der Waals surface area contributed by atoms with Crippen molar-refractivity contribution < 1.29 is 8.78 Å². The molecular weight excluding hydrogens is 220 g/mol. The van der Waals surface area contributed by atoms with Gasteiger partial charge in [-0.05, 0) is 31.3 Å². The zero-order valence-corrected chi connectivity index (χ0v) is 8.74. The van der Waals surface area contributed by atoms with Gasteiger partial charge in [0.15, 0.2) is 5.11 Å². The van der Waals surface area contributed by atoms with Gasteiger partial charge in [0.2, 0.25) is 0 Å². The van der Waals surface area contributed by atoms with E-state index in [1.165, 1.54) is 12.1 Å². The maximum atomic E-state index is 12.8. The van der Waals surface area contributed by atoms with E-state index >= 15 is 0 Å². The molecule has 1 rings (SSSR count). The molecule has 3 N–H and O–H groups in total. The summed E-state index contributed by atoms with van der Waals surface area (Å²) in [5, 5.41) is 3.74. The quantitative estimate of drug-likeness (QED) is 0.459. The second-order valence-corrected chi connectivity index (χ2v) is 3.27. The first-order chi connectivity index (χ1) is 6.99. The number of rotatable bonds is 2. The van der Waals surface area contributed by atoms with E-state index in [0.29, 0.717) is 11.3 Å². The van der Waals surface area contributed by atoms with Crippen LogP contribution in [0.5, 0.6) is 0 Å². The summed E-state index contributed by atoms with van der Waals surface area (Å²) in [6.07, 6.45) is 0. The van der Waals surface area contributed by atoms with Crippen LogP contribution >= 0.6 is 12.2 Å². The first-order valence-corrected chi connectivity index (χ1v) is 4.46. The predicted octanol–water partition coefficient (Wildman–Crippen LogP) is 1.52. The van der Waals surface area contributed by atoms with Crippen molar-refractivity contribution in [2.45, 2.75) is 6.92 Å². The predicted molar refractivity (Wildman–Crippen MR) is 58.5 cm³/mol. The normalized spacial score (nSPS) is 11.3. The highest BCUT2D eigenvalue weighted by atomic mass is 32.1. The summed E-state index contributed by atoms with van der Waals surface area (Å²) >= 11 is 4.53. The molecule has 0 aliphatic heterocycles. The SMILES string of the molecule is CC(=NNC(N)=S)c1cc(F)cc(F)c1. The van der Waals surface area contributed by atoms with E-state index in [2.05, 4.69) is 22.7 Å². The molecule has 1 aromatic carbocycles. The Morgan fingerprint density at radius 3 is 2.33 bits per heavy atom. The summed E-state index contributed by atoms with van der Waals surface area (Å²) < 4.78 is 25.6. The van der Waals surface area contributed by atoms with Gasteiger partial charge in [-0.15, -0.1) is 0 Å². The summed E-state index contributed by atoms with van der Waals surface area (Å²) in [6, 6.07) is 3.13. The number of nitrogens with zero attached hydrogens (tertiary/aromatic N) is 1. The van der Waals surface area contributed by atoms with E-state index in [-0.39, 0.29) is 5.11 Å². The lowest BCUT2D eigenvalue weighted by Crippen LogP contribution is -2.25. The topological polar surface area (TPSA) is 50.4 Å². The highest BCUT2D eigenvalue weighted by molar-refractivity contribution is 7.80. The molecule has 3 nitrogen and oxygen atoms in total. The van der Waals surface area contributed by atoms with Crippen molar-refractivity contribution in [2.75, 3.05) is 0 Å². The molecule has 0 saturated heterocycles. The van der Waals surface area contributed by atoms with E-state index in [1.807, 2.05) is 0 Å². The van der Waals surface area contributed by atoms with Crippen LogP contribution in [0.15, 0.2) is 23.3 Å². The second kappa shape index (κ2) is 4.79. The fourth-order valence-corrected chi connectivity index (χ4v) is 1.01. The van der Waals surface area contributed by atoms with Crippen LogP contribution in [0.25, 0.3) is 0 Å². The summed E-state index contributed by atoms with van der Waals surface area (Å²) in [5.74, 6) is -1.32. The molecule has 0 atom stereocenters. The molecule has 1 aromatic rings. The van der Waals surface area contributed by atoms with Crippen LogP contribution < -0.4 is 11.2 Å². The zero-order chi connectivity index (χ0) is 11.4. The van der Waals surface area contributed by atoms with Crippen molar-refractivity contribution in [3.8, 4) is 0 Å². The van der Waals surface area contributed by atoms with Gasteiger partial charge < -0.3 is 5.73 Å². The summed E-state index contributed by atoms with van der Waals surface area (Å²) in [5.41, 5.74) is 8.20. The Balaban J connectivity index is 2.95. The molecule has 0 aromatic heterocycles. The smallest absolute Gasteiger partial charge is 0.184 e. The molecule has 0 spiro atoms. The molecule has 0 radical (unpaired) electrons. The first kappa shape index (κ1) is 11.5. The number of hydrogen-bond acceptors (Lipinski definition) is 2. The van der Waals surface area contributed by atoms with Gasteiger partial charge in [0.05, 0.1) is 5.71 Å². The monoisotopic (exact) mass is 229 g/mol. The van der Waals surface area contributed by atoms with Crippen LogP contribution in [-0.4, -0.2) is 10.8 Å². The van der Waals surface area contributed by atoms with Gasteiger partial charge in [0, 0.05) is 11.6 Å². The molecular formula is C9H9F2N3S. The lowest BCUT2D eigenvalue weighted by Gasteiger charge is -2.02. The summed E-state index contributed by atoms with van der Waals surface area (Å²) in [7, 11) is 0. The maximum Gasteiger partial charge on any atom is 0.184 e. The third-order valence-corrected chi connectivity index (χ3v) is 1.71. The molecule has 0 saturated carbocycles. The number of thiocarbonyl (C=S) groups is 1.